The summed E-state index contributed by atoms with van der Waals surface area (Å²) in [5.74, 6) is -1.41. The van der Waals surface area contributed by atoms with Gasteiger partial charge in [-0.3, -0.25) is 4.79 Å². The molecule has 3 rings (SSSR count). The number of benzene rings is 2. The number of hydrogen-bond acceptors (Lipinski definition) is 2. The lowest BCUT2D eigenvalue weighted by Gasteiger charge is -2.21. The molecule has 1 aliphatic rings. The Morgan fingerprint density at radius 3 is 2.71 bits per heavy atom. The van der Waals surface area contributed by atoms with Crippen LogP contribution >= 0.6 is 0 Å². The van der Waals surface area contributed by atoms with E-state index in [1.54, 1.807) is 12.3 Å². The van der Waals surface area contributed by atoms with E-state index in [-0.39, 0.29) is 6.10 Å². The van der Waals surface area contributed by atoms with Crippen molar-refractivity contribution >= 4 is 16.7 Å². The molecular formula is C18H16O3. The van der Waals surface area contributed by atoms with Crippen LogP contribution in [0.5, 0.6) is 0 Å². The molecule has 2 aromatic carbocycles. The van der Waals surface area contributed by atoms with Crippen molar-refractivity contribution in [1.29, 1.82) is 0 Å². The van der Waals surface area contributed by atoms with Gasteiger partial charge in [-0.2, -0.15) is 0 Å². The molecule has 0 spiro atoms. The molecule has 0 aliphatic carbocycles. The molecule has 3 heteroatoms. The molecular weight excluding hydrogens is 264 g/mol. The van der Waals surface area contributed by atoms with Gasteiger partial charge >= 0.3 is 5.97 Å². The summed E-state index contributed by atoms with van der Waals surface area (Å²) in [5.41, 5.74) is 0.840. The van der Waals surface area contributed by atoms with Crippen LogP contribution in [0.25, 0.3) is 10.8 Å². The number of fused-ring (bicyclic) bond motifs is 1. The van der Waals surface area contributed by atoms with Crippen molar-refractivity contribution in [2.45, 2.75) is 18.4 Å². The second kappa shape index (κ2) is 5.83. The molecule has 1 N–H and O–H groups in total. The van der Waals surface area contributed by atoms with E-state index in [1.807, 2.05) is 54.6 Å². The summed E-state index contributed by atoms with van der Waals surface area (Å²) >= 11 is 0. The third-order valence-corrected chi connectivity index (χ3v) is 3.73. The molecule has 0 fully saturated rings. The predicted octanol–water partition coefficient (Wildman–Crippen LogP) is 3.87. The highest BCUT2D eigenvalue weighted by Gasteiger charge is 2.25. The SMILES string of the molecule is O=C(O)C(CC1C=CC=CO1)c1cccc2ccccc12. The maximum Gasteiger partial charge on any atom is 0.311 e. The number of hydrogen-bond donors (Lipinski definition) is 1. The van der Waals surface area contributed by atoms with Crippen LogP contribution in [-0.2, 0) is 9.53 Å². The first kappa shape index (κ1) is 13.4. The maximum absolute atomic E-state index is 11.7. The Kier molecular flexibility index (Phi) is 3.73. The number of allylic oxidation sites excluding steroid dienone is 2. The Hall–Kier alpha value is -2.55. The molecule has 2 unspecified atom stereocenters. The smallest absolute Gasteiger partial charge is 0.311 e. The Morgan fingerprint density at radius 2 is 1.95 bits per heavy atom. The average Bonchev–Trinajstić information content (AvgIpc) is 2.53. The standard InChI is InChI=1S/C18H16O3/c19-18(20)17(12-14-8-3-4-11-21-14)16-10-5-7-13-6-1-2-9-15(13)16/h1-11,14,17H,12H2,(H,19,20). The third kappa shape index (κ3) is 2.82. The number of rotatable bonds is 4. The molecule has 0 saturated carbocycles. The van der Waals surface area contributed by atoms with Crippen LogP contribution in [0.3, 0.4) is 0 Å². The summed E-state index contributed by atoms with van der Waals surface area (Å²) in [6.07, 6.45) is 7.40. The Balaban J connectivity index is 1.97. The van der Waals surface area contributed by atoms with Crippen molar-refractivity contribution in [3.63, 3.8) is 0 Å². The zero-order valence-corrected chi connectivity index (χ0v) is 11.5. The molecule has 2 atom stereocenters. The van der Waals surface area contributed by atoms with Crippen molar-refractivity contribution in [2.75, 3.05) is 0 Å². The van der Waals surface area contributed by atoms with Gasteiger partial charge in [0.25, 0.3) is 0 Å². The number of ether oxygens (including phenoxy) is 1. The van der Waals surface area contributed by atoms with Crippen LogP contribution in [0.2, 0.25) is 0 Å². The summed E-state index contributed by atoms with van der Waals surface area (Å²) in [4.78, 5) is 11.7. The first-order valence-corrected chi connectivity index (χ1v) is 6.95. The van der Waals surface area contributed by atoms with Crippen molar-refractivity contribution in [1.82, 2.24) is 0 Å². The molecule has 21 heavy (non-hydrogen) atoms. The van der Waals surface area contributed by atoms with Crippen molar-refractivity contribution < 1.29 is 14.6 Å². The van der Waals surface area contributed by atoms with Crippen LogP contribution in [-0.4, -0.2) is 17.2 Å². The molecule has 2 aromatic rings. The minimum Gasteiger partial charge on any atom is -0.494 e. The molecule has 1 heterocycles. The lowest BCUT2D eigenvalue weighted by Crippen LogP contribution is -2.20. The summed E-state index contributed by atoms with van der Waals surface area (Å²) in [6.45, 7) is 0. The van der Waals surface area contributed by atoms with Gasteiger partial charge < -0.3 is 9.84 Å². The molecule has 0 aromatic heterocycles. The predicted molar refractivity (Wildman–Crippen MR) is 82.1 cm³/mol. The Labute approximate surface area is 123 Å². The first-order valence-electron chi connectivity index (χ1n) is 6.95. The van der Waals surface area contributed by atoms with Gasteiger partial charge in [0.05, 0.1) is 12.2 Å². The molecule has 106 valence electrons. The lowest BCUT2D eigenvalue weighted by molar-refractivity contribution is -0.139. The zero-order valence-electron chi connectivity index (χ0n) is 11.5. The van der Waals surface area contributed by atoms with E-state index >= 15 is 0 Å². The van der Waals surface area contributed by atoms with E-state index in [0.717, 1.165) is 16.3 Å². The second-order valence-corrected chi connectivity index (χ2v) is 5.08. The highest BCUT2D eigenvalue weighted by Crippen LogP contribution is 2.30. The summed E-state index contributed by atoms with van der Waals surface area (Å²) in [6, 6.07) is 13.7. The van der Waals surface area contributed by atoms with E-state index < -0.39 is 11.9 Å². The fourth-order valence-corrected chi connectivity index (χ4v) is 2.71. The summed E-state index contributed by atoms with van der Waals surface area (Å²) < 4.78 is 5.46. The highest BCUT2D eigenvalue weighted by molar-refractivity contribution is 5.90. The first-order chi connectivity index (χ1) is 10.3. The molecule has 3 nitrogen and oxygen atoms in total. The minimum atomic E-state index is -0.821. The van der Waals surface area contributed by atoms with Crippen molar-refractivity contribution in [3.8, 4) is 0 Å². The fraction of sp³-hybridized carbons (Fsp3) is 0.167. The summed E-state index contributed by atoms with van der Waals surface area (Å²) in [5, 5.41) is 11.7. The molecule has 1 aliphatic heterocycles. The maximum atomic E-state index is 11.7. The van der Waals surface area contributed by atoms with E-state index in [0.29, 0.717) is 6.42 Å². The zero-order chi connectivity index (χ0) is 14.7. The van der Waals surface area contributed by atoms with Gasteiger partial charge in [0, 0.05) is 6.42 Å². The summed E-state index contributed by atoms with van der Waals surface area (Å²) in [7, 11) is 0. The van der Waals surface area contributed by atoms with Crippen LogP contribution in [0.1, 0.15) is 17.9 Å². The minimum absolute atomic E-state index is 0.199. The van der Waals surface area contributed by atoms with Crippen molar-refractivity contribution in [2.24, 2.45) is 0 Å². The molecule has 0 radical (unpaired) electrons. The molecule has 0 saturated heterocycles. The van der Waals surface area contributed by atoms with Crippen molar-refractivity contribution in [3.05, 3.63) is 72.5 Å². The number of carbonyl (C=O) groups is 1. The molecule has 0 bridgehead atoms. The van der Waals surface area contributed by atoms with Gasteiger partial charge in [0.2, 0.25) is 0 Å². The molecule has 0 amide bonds. The van der Waals surface area contributed by atoms with Gasteiger partial charge in [-0.15, -0.1) is 0 Å². The van der Waals surface area contributed by atoms with Crippen LogP contribution in [0, 0.1) is 0 Å². The van der Waals surface area contributed by atoms with Gasteiger partial charge in [-0.25, -0.2) is 0 Å². The quantitative estimate of drug-likeness (QED) is 0.924. The normalized spacial score (nSPS) is 18.4. The van der Waals surface area contributed by atoms with Gasteiger partial charge in [0.1, 0.15) is 6.10 Å². The van der Waals surface area contributed by atoms with Crippen LogP contribution in [0.15, 0.2) is 67.0 Å². The Morgan fingerprint density at radius 1 is 1.14 bits per heavy atom. The highest BCUT2D eigenvalue weighted by atomic mass is 16.5. The van der Waals surface area contributed by atoms with E-state index in [1.165, 1.54) is 0 Å². The third-order valence-electron chi connectivity index (χ3n) is 3.73. The number of carboxylic acids is 1. The van der Waals surface area contributed by atoms with Gasteiger partial charge in [-0.1, -0.05) is 48.5 Å². The van der Waals surface area contributed by atoms with E-state index in [2.05, 4.69) is 0 Å². The largest absolute Gasteiger partial charge is 0.494 e. The van der Waals surface area contributed by atoms with E-state index in [4.69, 9.17) is 4.74 Å². The lowest BCUT2D eigenvalue weighted by atomic mass is 9.89. The fourth-order valence-electron chi connectivity index (χ4n) is 2.71. The van der Waals surface area contributed by atoms with Crippen LogP contribution < -0.4 is 0 Å². The second-order valence-electron chi connectivity index (χ2n) is 5.08. The van der Waals surface area contributed by atoms with Gasteiger partial charge in [-0.05, 0) is 28.5 Å². The van der Waals surface area contributed by atoms with Gasteiger partial charge in [0.15, 0.2) is 0 Å². The number of carboxylic acid groups (broad SMARTS) is 1. The van der Waals surface area contributed by atoms with E-state index in [9.17, 15) is 9.90 Å². The average molecular weight is 280 g/mol. The monoisotopic (exact) mass is 280 g/mol. The number of aliphatic carboxylic acids is 1. The van der Waals surface area contributed by atoms with Crippen LogP contribution in [0.4, 0.5) is 0 Å². The topological polar surface area (TPSA) is 46.5 Å². The Bertz CT molecular complexity index is 710.